The van der Waals surface area contributed by atoms with E-state index in [4.69, 9.17) is 14.4 Å². The summed E-state index contributed by atoms with van der Waals surface area (Å²) in [6, 6.07) is 68.6. The molecule has 9 aromatic carbocycles. The molecule has 0 saturated heterocycles. The summed E-state index contributed by atoms with van der Waals surface area (Å²) >= 11 is 0. The molecule has 0 N–H and O–H groups in total. The van der Waals surface area contributed by atoms with Gasteiger partial charge in [0.2, 0.25) is 0 Å². The third-order valence-electron chi connectivity index (χ3n) is 10.9. The molecule has 0 bridgehead atoms. The summed E-state index contributed by atoms with van der Waals surface area (Å²) in [4.78, 5) is 10.8. The maximum Gasteiger partial charge on any atom is 0.180 e. The lowest BCUT2D eigenvalue weighted by Gasteiger charge is -2.11. The van der Waals surface area contributed by atoms with Crippen LogP contribution in [-0.4, -0.2) is 9.97 Å². The molecule has 55 heavy (non-hydrogen) atoms. The molecular weight excluding hydrogens is 669 g/mol. The van der Waals surface area contributed by atoms with Crippen LogP contribution < -0.4 is 0 Å². The maximum atomic E-state index is 6.95. The van der Waals surface area contributed by atoms with E-state index in [1.54, 1.807) is 0 Å². The molecule has 2 aromatic heterocycles. The van der Waals surface area contributed by atoms with Gasteiger partial charge in [-0.05, 0) is 72.4 Å². The standard InChI is InChI=1S/C52H32N2O/c1-2-13-33(14-3-1)34-27-29-35(30-28-34)37-17-10-18-38(31-37)39-19-11-20-40(32-39)52-53-48(45-26-12-16-36-15-4-5-21-41(36)45)51-49(54-52)47-44-24-8-6-22-42(44)43-23-7-9-25-46(43)50(47)55-51/h1-32H. The second kappa shape index (κ2) is 12.6. The molecule has 0 atom stereocenters. The zero-order valence-corrected chi connectivity index (χ0v) is 29.8. The van der Waals surface area contributed by atoms with Gasteiger partial charge in [-0.25, -0.2) is 9.97 Å². The van der Waals surface area contributed by atoms with Gasteiger partial charge >= 0.3 is 0 Å². The van der Waals surface area contributed by atoms with Crippen LogP contribution in [-0.2, 0) is 0 Å². The highest BCUT2D eigenvalue weighted by Crippen LogP contribution is 2.44. The Bertz CT molecular complexity index is 3250. The first kappa shape index (κ1) is 31.2. The predicted octanol–water partition coefficient (Wildman–Crippen LogP) is 14.2. The third-order valence-corrected chi connectivity index (χ3v) is 10.9. The molecule has 3 nitrogen and oxygen atoms in total. The Morgan fingerprint density at radius 3 is 1.56 bits per heavy atom. The van der Waals surface area contributed by atoms with E-state index in [-0.39, 0.29) is 0 Å². The predicted molar refractivity (Wildman–Crippen MR) is 229 cm³/mol. The van der Waals surface area contributed by atoms with E-state index in [0.717, 1.165) is 71.4 Å². The first-order valence-electron chi connectivity index (χ1n) is 18.7. The van der Waals surface area contributed by atoms with Crippen molar-refractivity contribution in [1.82, 2.24) is 9.97 Å². The lowest BCUT2D eigenvalue weighted by Crippen LogP contribution is -1.95. The minimum atomic E-state index is 0.657. The lowest BCUT2D eigenvalue weighted by molar-refractivity contribution is 0.671. The van der Waals surface area contributed by atoms with E-state index >= 15 is 0 Å². The Morgan fingerprint density at radius 2 is 0.818 bits per heavy atom. The van der Waals surface area contributed by atoms with E-state index in [9.17, 15) is 0 Å². The number of rotatable bonds is 5. The molecule has 0 unspecified atom stereocenters. The van der Waals surface area contributed by atoms with Gasteiger partial charge in [-0.1, -0.05) is 182 Å². The average molecular weight is 701 g/mol. The number of benzene rings is 9. The molecule has 11 rings (SSSR count). The Balaban J connectivity index is 1.10. The summed E-state index contributed by atoms with van der Waals surface area (Å²) in [5, 5.41) is 7.80. The van der Waals surface area contributed by atoms with Crippen LogP contribution in [0.1, 0.15) is 0 Å². The zero-order chi connectivity index (χ0) is 36.3. The van der Waals surface area contributed by atoms with Crippen LogP contribution in [0.15, 0.2) is 199 Å². The minimum Gasteiger partial charge on any atom is -0.451 e. The van der Waals surface area contributed by atoms with Crippen LogP contribution in [0.25, 0.3) is 110 Å². The second-order valence-corrected chi connectivity index (χ2v) is 14.1. The topological polar surface area (TPSA) is 38.9 Å². The van der Waals surface area contributed by atoms with Gasteiger partial charge in [-0.3, -0.25) is 0 Å². The summed E-state index contributed by atoms with van der Waals surface area (Å²) in [7, 11) is 0. The monoisotopic (exact) mass is 700 g/mol. The molecule has 0 fully saturated rings. The van der Waals surface area contributed by atoms with Crippen LogP contribution in [0, 0.1) is 0 Å². The van der Waals surface area contributed by atoms with Crippen molar-refractivity contribution in [3.63, 3.8) is 0 Å². The number of hydrogen-bond donors (Lipinski definition) is 0. The third kappa shape index (κ3) is 5.20. The van der Waals surface area contributed by atoms with Gasteiger partial charge in [0.15, 0.2) is 11.4 Å². The van der Waals surface area contributed by atoms with Crippen molar-refractivity contribution in [2.24, 2.45) is 0 Å². The molecular formula is C52H32N2O. The van der Waals surface area contributed by atoms with E-state index < -0.39 is 0 Å². The largest absolute Gasteiger partial charge is 0.451 e. The Labute approximate surface area is 317 Å². The highest BCUT2D eigenvalue weighted by molar-refractivity contribution is 6.30. The van der Waals surface area contributed by atoms with E-state index in [2.05, 4.69) is 194 Å². The Hall–Kier alpha value is -7.36. The zero-order valence-electron chi connectivity index (χ0n) is 29.8. The van der Waals surface area contributed by atoms with Gasteiger partial charge in [0.1, 0.15) is 16.8 Å². The van der Waals surface area contributed by atoms with Crippen LogP contribution >= 0.6 is 0 Å². The van der Waals surface area contributed by atoms with E-state index in [1.165, 1.54) is 27.6 Å². The average Bonchev–Trinajstić information content (AvgIpc) is 3.67. The van der Waals surface area contributed by atoms with Crippen molar-refractivity contribution in [1.29, 1.82) is 0 Å². The SMILES string of the molecule is c1ccc(-c2ccc(-c3cccc(-c4cccc(-c5nc(-c6cccc7ccccc67)c6oc7c8ccccc8c8ccccc8c7c6n5)c4)c3)cc2)cc1. The van der Waals surface area contributed by atoms with Crippen molar-refractivity contribution in [3.05, 3.63) is 194 Å². The highest BCUT2D eigenvalue weighted by Gasteiger charge is 2.23. The lowest BCUT2D eigenvalue weighted by atomic mass is 9.96. The van der Waals surface area contributed by atoms with Gasteiger partial charge in [0, 0.05) is 16.5 Å². The number of nitrogens with zero attached hydrogens (tertiary/aromatic N) is 2. The van der Waals surface area contributed by atoms with Crippen molar-refractivity contribution < 1.29 is 4.42 Å². The Morgan fingerprint density at radius 1 is 0.327 bits per heavy atom. The normalized spacial score (nSPS) is 11.6. The van der Waals surface area contributed by atoms with Gasteiger partial charge in [-0.15, -0.1) is 0 Å². The van der Waals surface area contributed by atoms with Crippen LogP contribution in [0.5, 0.6) is 0 Å². The molecule has 0 saturated carbocycles. The first-order chi connectivity index (χ1) is 27.3. The summed E-state index contributed by atoms with van der Waals surface area (Å²) in [5.74, 6) is 0.657. The van der Waals surface area contributed by atoms with Crippen LogP contribution in [0.2, 0.25) is 0 Å². The Kier molecular flexibility index (Phi) is 7.17. The molecule has 0 amide bonds. The van der Waals surface area contributed by atoms with Crippen molar-refractivity contribution in [2.75, 3.05) is 0 Å². The summed E-state index contributed by atoms with van der Waals surface area (Å²) in [6.45, 7) is 0. The van der Waals surface area contributed by atoms with Gasteiger partial charge in [0.05, 0.1) is 5.39 Å². The highest BCUT2D eigenvalue weighted by atomic mass is 16.3. The summed E-state index contributed by atoms with van der Waals surface area (Å²) in [5.41, 5.74) is 12.1. The summed E-state index contributed by atoms with van der Waals surface area (Å²) in [6.07, 6.45) is 0. The molecule has 0 radical (unpaired) electrons. The minimum absolute atomic E-state index is 0.657. The molecule has 11 aromatic rings. The van der Waals surface area contributed by atoms with E-state index in [0.29, 0.717) is 11.4 Å². The number of aromatic nitrogens is 2. The summed E-state index contributed by atoms with van der Waals surface area (Å²) < 4.78 is 6.95. The van der Waals surface area contributed by atoms with Gasteiger partial charge < -0.3 is 4.42 Å². The number of furan rings is 1. The van der Waals surface area contributed by atoms with E-state index in [1.807, 2.05) is 0 Å². The molecule has 0 spiro atoms. The molecule has 2 heterocycles. The van der Waals surface area contributed by atoms with Crippen molar-refractivity contribution >= 4 is 54.4 Å². The first-order valence-corrected chi connectivity index (χ1v) is 18.7. The second-order valence-electron chi connectivity index (χ2n) is 14.1. The van der Waals surface area contributed by atoms with Gasteiger partial charge in [0.25, 0.3) is 0 Å². The number of hydrogen-bond acceptors (Lipinski definition) is 3. The number of fused-ring (bicyclic) bond motifs is 9. The quantitative estimate of drug-likeness (QED) is 0.168. The fourth-order valence-electron chi connectivity index (χ4n) is 8.21. The fraction of sp³-hybridized carbons (Fsp3) is 0. The molecule has 0 aliphatic heterocycles. The maximum absolute atomic E-state index is 6.95. The smallest absolute Gasteiger partial charge is 0.180 e. The van der Waals surface area contributed by atoms with Crippen molar-refractivity contribution in [2.45, 2.75) is 0 Å². The molecule has 0 aliphatic carbocycles. The molecule has 0 aliphatic rings. The fourth-order valence-corrected chi connectivity index (χ4v) is 8.21. The van der Waals surface area contributed by atoms with Crippen molar-refractivity contribution in [3.8, 4) is 56.0 Å². The molecule has 256 valence electrons. The molecule has 3 heteroatoms. The van der Waals surface area contributed by atoms with Crippen LogP contribution in [0.3, 0.4) is 0 Å². The van der Waals surface area contributed by atoms with Crippen LogP contribution in [0.4, 0.5) is 0 Å². The van der Waals surface area contributed by atoms with Gasteiger partial charge in [-0.2, -0.15) is 0 Å².